The average molecular weight is 453 g/mol. The van der Waals surface area contributed by atoms with Gasteiger partial charge < -0.3 is 2.85 Å². The van der Waals surface area contributed by atoms with Crippen molar-refractivity contribution in [3.05, 3.63) is 30.3 Å². The molecular weight excluding hydrogens is 408 g/mol. The van der Waals surface area contributed by atoms with Gasteiger partial charge in [-0.2, -0.15) is 8.42 Å². The smallest absolute Gasteiger partial charge is 1.00 e. The summed E-state index contributed by atoms with van der Waals surface area (Å²) in [5.74, 6) is 0. The van der Waals surface area contributed by atoms with E-state index in [0.717, 1.165) is 12.8 Å². The fourth-order valence-corrected chi connectivity index (χ4v) is 4.44. The van der Waals surface area contributed by atoms with Crippen molar-refractivity contribution in [3.63, 3.8) is 0 Å². The Bertz CT molecular complexity index is 571. The molecule has 1 rings (SSSR count). The molecule has 0 amide bonds. The Hall–Kier alpha value is 0.390. The van der Waals surface area contributed by atoms with Crippen LogP contribution in [0.3, 0.4) is 0 Å². The van der Waals surface area contributed by atoms with Gasteiger partial charge in [0.1, 0.15) is 0 Å². The molecule has 0 atom stereocenters. The average Bonchev–Trinajstić information content (AvgIpc) is 2.71. The third-order valence-corrected chi connectivity index (χ3v) is 6.59. The zero-order valence-corrected chi connectivity index (χ0v) is 21.8. The summed E-state index contributed by atoms with van der Waals surface area (Å²) in [6.45, 7) is 2.56. The maximum Gasteiger partial charge on any atom is 2.00 e. The van der Waals surface area contributed by atoms with Gasteiger partial charge in [-0.3, -0.25) is 4.18 Å². The molecular formula is C24H44CaO3S. The molecule has 29 heavy (non-hydrogen) atoms. The van der Waals surface area contributed by atoms with Crippen LogP contribution in [0.2, 0.25) is 0 Å². The molecule has 0 heterocycles. The van der Waals surface area contributed by atoms with Crippen LogP contribution < -0.4 is 0 Å². The van der Waals surface area contributed by atoms with Crippen LogP contribution in [-0.4, -0.2) is 52.8 Å². The molecule has 0 saturated carbocycles. The van der Waals surface area contributed by atoms with Crippen LogP contribution in [0.1, 0.15) is 113 Å². The van der Waals surface area contributed by atoms with Gasteiger partial charge in [0.15, 0.2) is 0 Å². The Kier molecular flexibility index (Phi) is 20.6. The third kappa shape index (κ3) is 16.7. The summed E-state index contributed by atoms with van der Waals surface area (Å²) < 4.78 is 29.0. The topological polar surface area (TPSA) is 43.4 Å². The Balaban J connectivity index is -0.00000261. The van der Waals surface area contributed by atoms with E-state index in [4.69, 9.17) is 4.18 Å². The van der Waals surface area contributed by atoms with E-state index in [1.54, 1.807) is 30.3 Å². The third-order valence-electron chi connectivity index (χ3n) is 5.27. The van der Waals surface area contributed by atoms with Crippen LogP contribution in [0.15, 0.2) is 35.2 Å². The number of unbranched alkanes of at least 4 members (excludes halogenated alkanes) is 15. The van der Waals surface area contributed by atoms with Gasteiger partial charge in [0.25, 0.3) is 10.1 Å². The van der Waals surface area contributed by atoms with Crippen molar-refractivity contribution in [1.82, 2.24) is 0 Å². The van der Waals surface area contributed by atoms with Crippen LogP contribution in [0.5, 0.6) is 0 Å². The van der Waals surface area contributed by atoms with Gasteiger partial charge >= 0.3 is 37.7 Å². The second-order valence-electron chi connectivity index (χ2n) is 7.89. The van der Waals surface area contributed by atoms with E-state index in [1.807, 2.05) is 0 Å². The SMILES string of the molecule is CCCCCCCCCCCCCCCCCCOS(=O)(=O)c1ccccc1.[Ca+2].[H-].[H-]. The minimum absolute atomic E-state index is 0. The van der Waals surface area contributed by atoms with E-state index in [9.17, 15) is 8.42 Å². The summed E-state index contributed by atoms with van der Waals surface area (Å²) in [5, 5.41) is 0. The van der Waals surface area contributed by atoms with E-state index < -0.39 is 10.1 Å². The van der Waals surface area contributed by atoms with Gasteiger partial charge in [-0.15, -0.1) is 0 Å². The summed E-state index contributed by atoms with van der Waals surface area (Å²) in [7, 11) is -3.58. The quantitative estimate of drug-likeness (QED) is 0.124. The largest absolute Gasteiger partial charge is 2.00 e. The molecule has 166 valence electrons. The fraction of sp³-hybridized carbons (Fsp3) is 0.750. The minimum atomic E-state index is -3.58. The van der Waals surface area contributed by atoms with Crippen LogP contribution in [0.25, 0.3) is 0 Å². The van der Waals surface area contributed by atoms with Gasteiger partial charge in [0.2, 0.25) is 0 Å². The summed E-state index contributed by atoms with van der Waals surface area (Å²) >= 11 is 0. The molecule has 0 saturated heterocycles. The number of benzene rings is 1. The van der Waals surface area contributed by atoms with Gasteiger partial charge in [-0.1, -0.05) is 121 Å². The predicted octanol–water partition coefficient (Wildman–Crippen LogP) is 7.50. The van der Waals surface area contributed by atoms with Gasteiger partial charge in [-0.25, -0.2) is 0 Å². The molecule has 1 aromatic rings. The standard InChI is InChI=1S/C24H42O3S.Ca.2H/c1-2-3-4-5-6-7-8-9-10-11-12-13-14-15-16-20-23-27-28(25,26)24-21-18-17-19-22-24;;;/h17-19,21-22H,2-16,20,23H2,1H3;;;/q;+2;2*-1. The zero-order chi connectivity index (χ0) is 20.3. The van der Waals surface area contributed by atoms with Crippen molar-refractivity contribution in [3.8, 4) is 0 Å². The maximum absolute atomic E-state index is 12.0. The summed E-state index contributed by atoms with van der Waals surface area (Å²) in [6, 6.07) is 8.37. The molecule has 0 aliphatic rings. The summed E-state index contributed by atoms with van der Waals surface area (Å²) in [6.07, 6.45) is 20.9. The van der Waals surface area contributed by atoms with E-state index >= 15 is 0 Å². The second-order valence-corrected chi connectivity index (χ2v) is 9.51. The zero-order valence-electron chi connectivity index (χ0n) is 20.7. The molecule has 0 aliphatic carbocycles. The molecule has 0 radical (unpaired) electrons. The first-order chi connectivity index (χ1) is 13.7. The van der Waals surface area contributed by atoms with Crippen LogP contribution in [0.4, 0.5) is 0 Å². The van der Waals surface area contributed by atoms with E-state index in [1.165, 1.54) is 89.9 Å². The van der Waals surface area contributed by atoms with Crippen LogP contribution in [-0.2, 0) is 14.3 Å². The Morgan fingerprint density at radius 2 is 1.03 bits per heavy atom. The number of hydrogen-bond donors (Lipinski definition) is 0. The Morgan fingerprint density at radius 1 is 0.655 bits per heavy atom. The van der Waals surface area contributed by atoms with Crippen molar-refractivity contribution in [2.45, 2.75) is 115 Å². The first kappa shape index (κ1) is 29.4. The van der Waals surface area contributed by atoms with Gasteiger partial charge in [-0.05, 0) is 18.6 Å². The van der Waals surface area contributed by atoms with Crippen molar-refractivity contribution in [2.75, 3.05) is 6.61 Å². The molecule has 5 heteroatoms. The monoisotopic (exact) mass is 452 g/mol. The first-order valence-corrected chi connectivity index (χ1v) is 13.0. The van der Waals surface area contributed by atoms with E-state index in [-0.39, 0.29) is 52.1 Å². The molecule has 0 aromatic heterocycles. The Morgan fingerprint density at radius 3 is 1.45 bits per heavy atom. The number of hydrogen-bond acceptors (Lipinski definition) is 3. The first-order valence-electron chi connectivity index (χ1n) is 11.6. The molecule has 0 unspecified atom stereocenters. The van der Waals surface area contributed by atoms with Gasteiger partial charge in [0.05, 0.1) is 11.5 Å². The van der Waals surface area contributed by atoms with E-state index in [2.05, 4.69) is 6.92 Å². The molecule has 1 aromatic carbocycles. The minimum Gasteiger partial charge on any atom is -1.00 e. The van der Waals surface area contributed by atoms with Crippen molar-refractivity contribution < 1.29 is 15.5 Å². The van der Waals surface area contributed by atoms with E-state index in [0.29, 0.717) is 0 Å². The molecule has 0 aliphatic heterocycles. The van der Waals surface area contributed by atoms with Gasteiger partial charge in [0, 0.05) is 0 Å². The molecule has 3 nitrogen and oxygen atoms in total. The fourth-order valence-electron chi connectivity index (χ4n) is 3.47. The maximum atomic E-state index is 12.0. The second kappa shape index (κ2) is 20.3. The molecule has 0 fully saturated rings. The normalized spacial score (nSPS) is 11.3. The Labute approximate surface area is 213 Å². The van der Waals surface area contributed by atoms with Crippen molar-refractivity contribution in [2.24, 2.45) is 0 Å². The molecule has 0 N–H and O–H groups in total. The van der Waals surface area contributed by atoms with Crippen LogP contribution in [0, 0.1) is 0 Å². The van der Waals surface area contributed by atoms with Crippen molar-refractivity contribution in [1.29, 1.82) is 0 Å². The number of rotatable bonds is 19. The summed E-state index contributed by atoms with van der Waals surface area (Å²) in [4.78, 5) is 0.242. The molecule has 0 spiro atoms. The van der Waals surface area contributed by atoms with Crippen molar-refractivity contribution >= 4 is 47.9 Å². The van der Waals surface area contributed by atoms with Crippen LogP contribution >= 0.6 is 0 Å². The predicted molar refractivity (Wildman–Crippen MR) is 127 cm³/mol. The molecule has 0 bridgehead atoms. The summed E-state index contributed by atoms with van der Waals surface area (Å²) in [5.41, 5.74) is 0.